The number of para-hydroxylation sites is 1. The molecule has 0 atom stereocenters. The molecule has 6 heteroatoms. The molecule has 0 spiro atoms. The predicted octanol–water partition coefficient (Wildman–Crippen LogP) is 1.67. The van der Waals surface area contributed by atoms with Crippen LogP contribution in [0.4, 0.5) is 10.5 Å². The highest BCUT2D eigenvalue weighted by molar-refractivity contribution is 6.13. The number of anilines is 1. The van der Waals surface area contributed by atoms with Gasteiger partial charge in [-0.05, 0) is 17.7 Å². The van der Waals surface area contributed by atoms with Gasteiger partial charge in [0.05, 0.1) is 0 Å². The van der Waals surface area contributed by atoms with Crippen molar-refractivity contribution in [1.82, 2.24) is 0 Å². The lowest BCUT2D eigenvalue weighted by Gasteiger charge is -2.06. The van der Waals surface area contributed by atoms with Crippen molar-refractivity contribution in [2.75, 3.05) is 5.32 Å². The quantitative estimate of drug-likeness (QED) is 0.743. The Hall–Kier alpha value is -2.31. The molecule has 0 aliphatic heterocycles. The fourth-order valence-electron chi connectivity index (χ4n) is 1.40. The second-order valence-electron chi connectivity index (χ2n) is 3.69. The standard InChI is InChI=1S/C14H13NO2.BH3O2/c16-14(15-13-9-5-2-6-10-13)17-11-12-7-3-1-4-8-12;2-1-3/h1-10H,11H2,(H,15,16);1-3H. The van der Waals surface area contributed by atoms with Crippen molar-refractivity contribution in [3.05, 3.63) is 66.2 Å². The Morgan fingerprint density at radius 3 is 2.05 bits per heavy atom. The number of hydrogen-bond acceptors (Lipinski definition) is 4. The van der Waals surface area contributed by atoms with Gasteiger partial charge in [0.1, 0.15) is 6.61 Å². The Balaban J connectivity index is 0.000000612. The van der Waals surface area contributed by atoms with Gasteiger partial charge in [-0.3, -0.25) is 5.32 Å². The van der Waals surface area contributed by atoms with Crippen LogP contribution in [-0.2, 0) is 11.3 Å². The first kappa shape index (κ1) is 15.8. The molecule has 0 fully saturated rings. The lowest BCUT2D eigenvalue weighted by Crippen LogP contribution is -2.13. The molecular formula is C14H16BNO4. The summed E-state index contributed by atoms with van der Waals surface area (Å²) in [5.41, 5.74) is 1.70. The smallest absolute Gasteiger partial charge is 0.432 e. The monoisotopic (exact) mass is 273 g/mol. The van der Waals surface area contributed by atoms with Crippen molar-refractivity contribution in [3.8, 4) is 0 Å². The first-order chi connectivity index (χ1) is 9.76. The summed E-state index contributed by atoms with van der Waals surface area (Å²) in [6.07, 6.45) is -0.444. The minimum Gasteiger partial charge on any atom is -0.444 e. The average Bonchev–Trinajstić information content (AvgIpc) is 2.48. The van der Waals surface area contributed by atoms with E-state index < -0.39 is 13.8 Å². The Kier molecular flexibility index (Phi) is 7.56. The van der Waals surface area contributed by atoms with Crippen LogP contribution in [0.1, 0.15) is 5.56 Å². The van der Waals surface area contributed by atoms with E-state index in [0.717, 1.165) is 11.3 Å². The number of carbonyl (C=O) groups is 1. The van der Waals surface area contributed by atoms with Gasteiger partial charge in [0.2, 0.25) is 0 Å². The summed E-state index contributed by atoms with van der Waals surface area (Å²) in [7, 11) is -0.750. The zero-order valence-corrected chi connectivity index (χ0v) is 10.9. The van der Waals surface area contributed by atoms with Crippen LogP contribution in [0, 0.1) is 0 Å². The van der Waals surface area contributed by atoms with E-state index in [4.69, 9.17) is 14.8 Å². The maximum Gasteiger partial charge on any atom is 0.432 e. The summed E-state index contributed by atoms with van der Waals surface area (Å²) in [6, 6.07) is 18.8. The normalized spacial score (nSPS) is 8.90. The maximum absolute atomic E-state index is 11.5. The van der Waals surface area contributed by atoms with Gasteiger partial charge in [0.15, 0.2) is 0 Å². The lowest BCUT2D eigenvalue weighted by molar-refractivity contribution is 0.155. The molecule has 2 aromatic carbocycles. The molecule has 0 heterocycles. The highest BCUT2D eigenvalue weighted by atomic mass is 16.5. The van der Waals surface area contributed by atoms with E-state index in [-0.39, 0.29) is 6.61 Å². The molecule has 2 aromatic rings. The predicted molar refractivity (Wildman–Crippen MR) is 78.3 cm³/mol. The molecule has 0 saturated carbocycles. The number of carbonyl (C=O) groups excluding carboxylic acids is 1. The first-order valence-corrected chi connectivity index (χ1v) is 6.00. The molecule has 3 N–H and O–H groups in total. The first-order valence-electron chi connectivity index (χ1n) is 6.00. The number of amides is 1. The molecule has 0 aliphatic carbocycles. The molecule has 0 bridgehead atoms. The summed E-state index contributed by atoms with van der Waals surface area (Å²) < 4.78 is 5.08. The summed E-state index contributed by atoms with van der Waals surface area (Å²) in [6.45, 7) is 0.277. The largest absolute Gasteiger partial charge is 0.444 e. The highest BCUT2D eigenvalue weighted by Gasteiger charge is 2.02. The molecule has 104 valence electrons. The average molecular weight is 273 g/mol. The van der Waals surface area contributed by atoms with Gasteiger partial charge in [-0.2, -0.15) is 0 Å². The van der Waals surface area contributed by atoms with Gasteiger partial charge in [-0.25, -0.2) is 4.79 Å². The summed E-state index contributed by atoms with van der Waals surface area (Å²) in [4.78, 5) is 11.5. The lowest BCUT2D eigenvalue weighted by atomic mass is 10.2. The van der Waals surface area contributed by atoms with E-state index in [2.05, 4.69) is 5.32 Å². The van der Waals surface area contributed by atoms with E-state index >= 15 is 0 Å². The fraction of sp³-hybridized carbons (Fsp3) is 0.0714. The maximum atomic E-state index is 11.5. The van der Waals surface area contributed by atoms with Gasteiger partial charge in [-0.15, -0.1) is 0 Å². The third-order valence-corrected chi connectivity index (χ3v) is 2.23. The molecule has 0 saturated heterocycles. The van der Waals surface area contributed by atoms with E-state index in [0.29, 0.717) is 0 Å². The fourth-order valence-corrected chi connectivity index (χ4v) is 1.40. The van der Waals surface area contributed by atoms with Crippen molar-refractivity contribution in [2.24, 2.45) is 0 Å². The van der Waals surface area contributed by atoms with Crippen LogP contribution >= 0.6 is 0 Å². The Morgan fingerprint density at radius 1 is 1.00 bits per heavy atom. The van der Waals surface area contributed by atoms with Gasteiger partial charge in [0, 0.05) is 5.69 Å². The van der Waals surface area contributed by atoms with Crippen LogP contribution < -0.4 is 5.32 Å². The van der Waals surface area contributed by atoms with Gasteiger partial charge < -0.3 is 14.8 Å². The Morgan fingerprint density at radius 2 is 1.50 bits per heavy atom. The Bertz CT molecular complexity index is 493. The van der Waals surface area contributed by atoms with Gasteiger partial charge in [-0.1, -0.05) is 48.5 Å². The molecule has 0 aromatic heterocycles. The van der Waals surface area contributed by atoms with E-state index in [9.17, 15) is 4.79 Å². The van der Waals surface area contributed by atoms with Crippen molar-refractivity contribution in [3.63, 3.8) is 0 Å². The van der Waals surface area contributed by atoms with Gasteiger partial charge in [0.25, 0.3) is 0 Å². The topological polar surface area (TPSA) is 78.8 Å². The third-order valence-electron chi connectivity index (χ3n) is 2.23. The molecule has 0 unspecified atom stereocenters. The van der Waals surface area contributed by atoms with Crippen molar-refractivity contribution < 1.29 is 19.6 Å². The number of ether oxygens (including phenoxy) is 1. The second kappa shape index (κ2) is 9.60. The molecule has 5 nitrogen and oxygen atoms in total. The van der Waals surface area contributed by atoms with Crippen molar-refractivity contribution in [2.45, 2.75) is 6.61 Å². The van der Waals surface area contributed by atoms with E-state index in [1.165, 1.54) is 0 Å². The summed E-state index contributed by atoms with van der Waals surface area (Å²) >= 11 is 0. The SMILES string of the molecule is O=C(Nc1ccccc1)OCc1ccccc1.OBO. The molecule has 0 radical (unpaired) electrons. The number of hydrogen-bond donors (Lipinski definition) is 3. The number of rotatable bonds is 3. The third kappa shape index (κ3) is 6.58. The highest BCUT2D eigenvalue weighted by Crippen LogP contribution is 2.06. The van der Waals surface area contributed by atoms with Gasteiger partial charge >= 0.3 is 13.8 Å². The second-order valence-corrected chi connectivity index (χ2v) is 3.69. The van der Waals surface area contributed by atoms with Crippen molar-refractivity contribution in [1.29, 1.82) is 0 Å². The van der Waals surface area contributed by atoms with Crippen molar-refractivity contribution >= 4 is 19.5 Å². The molecule has 0 aliphatic rings. The summed E-state index contributed by atoms with van der Waals surface area (Å²) in [5, 5.41) is 16.9. The molecular weight excluding hydrogens is 257 g/mol. The molecule has 2 rings (SSSR count). The Labute approximate surface area is 118 Å². The van der Waals surface area contributed by atoms with E-state index in [1.54, 1.807) is 0 Å². The van der Waals surface area contributed by atoms with Crippen LogP contribution in [0.5, 0.6) is 0 Å². The zero-order chi connectivity index (χ0) is 14.6. The van der Waals surface area contributed by atoms with Crippen LogP contribution in [-0.4, -0.2) is 23.8 Å². The number of benzene rings is 2. The van der Waals surface area contributed by atoms with Crippen LogP contribution in [0.3, 0.4) is 0 Å². The van der Waals surface area contributed by atoms with E-state index in [1.807, 2.05) is 60.7 Å². The minimum absolute atomic E-state index is 0.277. The van der Waals surface area contributed by atoms with Crippen LogP contribution in [0.15, 0.2) is 60.7 Å². The van der Waals surface area contributed by atoms with Crippen LogP contribution in [0.25, 0.3) is 0 Å². The number of nitrogens with one attached hydrogen (secondary N) is 1. The molecule has 1 amide bonds. The van der Waals surface area contributed by atoms with Crippen LogP contribution in [0.2, 0.25) is 0 Å². The summed E-state index contributed by atoms with van der Waals surface area (Å²) in [5.74, 6) is 0. The molecule has 20 heavy (non-hydrogen) atoms. The zero-order valence-electron chi connectivity index (χ0n) is 10.9. The minimum atomic E-state index is -0.750.